The first kappa shape index (κ1) is 22.1. The third-order valence-electron chi connectivity index (χ3n) is 4.90. The number of amides is 1. The second-order valence-corrected chi connectivity index (χ2v) is 6.62. The maximum absolute atomic E-state index is 13.0. The van der Waals surface area contributed by atoms with Gasteiger partial charge in [0.05, 0.1) is 22.8 Å². The van der Waals surface area contributed by atoms with Crippen LogP contribution in [0, 0.1) is 0 Å². The summed E-state index contributed by atoms with van der Waals surface area (Å²) in [4.78, 5) is 17.8. The molecule has 1 aliphatic rings. The van der Waals surface area contributed by atoms with Gasteiger partial charge in [0.15, 0.2) is 5.65 Å². The normalized spacial score (nSPS) is 14.2. The van der Waals surface area contributed by atoms with Crippen LogP contribution in [0.4, 0.5) is 0 Å². The second-order valence-electron chi connectivity index (χ2n) is 6.62. The topological polar surface area (TPSA) is 71.8 Å². The van der Waals surface area contributed by atoms with Crippen LogP contribution in [-0.4, -0.2) is 39.8 Å². The minimum Gasteiger partial charge on any atom is -0.349 e. The van der Waals surface area contributed by atoms with Crippen molar-refractivity contribution < 1.29 is 4.79 Å². The molecule has 0 unspecified atom stereocenters. The molecule has 0 spiro atoms. The van der Waals surface area contributed by atoms with Gasteiger partial charge in [0.25, 0.3) is 5.91 Å². The molecule has 1 aromatic carbocycles. The first-order valence-corrected chi connectivity index (χ1v) is 9.20. The number of aryl methyl sites for hydroxylation is 1. The van der Waals surface area contributed by atoms with E-state index in [1.165, 1.54) is 0 Å². The average molecular weight is 422 g/mol. The van der Waals surface area contributed by atoms with Gasteiger partial charge in [-0.1, -0.05) is 30.3 Å². The molecule has 28 heavy (non-hydrogen) atoms. The third kappa shape index (κ3) is 4.46. The summed E-state index contributed by atoms with van der Waals surface area (Å²) in [5.41, 5.74) is 3.19. The largest absolute Gasteiger partial charge is 0.349 e. The van der Waals surface area contributed by atoms with E-state index in [0.717, 1.165) is 48.2 Å². The number of hydrogen-bond donors (Lipinski definition) is 2. The SMILES string of the molecule is CCn1ncc2c(C(=O)NC3CCNCC3)cc(-c3ccccc3)nc21.Cl.Cl. The number of nitrogens with zero attached hydrogens (tertiary/aromatic N) is 3. The Bertz CT molecular complexity index is 923. The predicted molar refractivity (Wildman–Crippen MR) is 116 cm³/mol. The number of carbonyl (C=O) groups is 1. The number of halogens is 2. The summed E-state index contributed by atoms with van der Waals surface area (Å²) in [7, 11) is 0. The van der Waals surface area contributed by atoms with Crippen molar-refractivity contribution in [1.29, 1.82) is 0 Å². The van der Waals surface area contributed by atoms with Crippen molar-refractivity contribution in [3.8, 4) is 11.3 Å². The number of fused-ring (bicyclic) bond motifs is 1. The van der Waals surface area contributed by atoms with Gasteiger partial charge in [-0.3, -0.25) is 4.79 Å². The van der Waals surface area contributed by atoms with Crippen LogP contribution in [0.5, 0.6) is 0 Å². The highest BCUT2D eigenvalue weighted by atomic mass is 35.5. The molecule has 4 rings (SSSR count). The smallest absolute Gasteiger partial charge is 0.252 e. The number of carbonyl (C=O) groups excluding carboxylic acids is 1. The van der Waals surface area contributed by atoms with Gasteiger partial charge in [0.2, 0.25) is 0 Å². The van der Waals surface area contributed by atoms with Crippen molar-refractivity contribution >= 4 is 41.8 Å². The van der Waals surface area contributed by atoms with E-state index in [4.69, 9.17) is 4.98 Å². The Kier molecular flexibility index (Phi) is 7.80. The maximum Gasteiger partial charge on any atom is 0.252 e. The molecule has 1 aliphatic heterocycles. The summed E-state index contributed by atoms with van der Waals surface area (Å²) < 4.78 is 1.84. The van der Waals surface area contributed by atoms with E-state index in [2.05, 4.69) is 15.7 Å². The molecule has 3 heterocycles. The Hall–Kier alpha value is -2.15. The van der Waals surface area contributed by atoms with Crippen LogP contribution in [0.25, 0.3) is 22.3 Å². The van der Waals surface area contributed by atoms with Gasteiger partial charge in [-0.25, -0.2) is 9.67 Å². The van der Waals surface area contributed by atoms with E-state index in [-0.39, 0.29) is 36.8 Å². The molecule has 1 fully saturated rings. The fourth-order valence-electron chi connectivity index (χ4n) is 3.45. The van der Waals surface area contributed by atoms with E-state index in [9.17, 15) is 4.79 Å². The monoisotopic (exact) mass is 421 g/mol. The van der Waals surface area contributed by atoms with Gasteiger partial charge in [-0.15, -0.1) is 24.8 Å². The number of nitrogens with one attached hydrogen (secondary N) is 2. The molecule has 0 saturated carbocycles. The van der Waals surface area contributed by atoms with Gasteiger partial charge in [0.1, 0.15) is 0 Å². The van der Waals surface area contributed by atoms with E-state index in [1.807, 2.05) is 48.0 Å². The number of benzene rings is 1. The zero-order valence-corrected chi connectivity index (χ0v) is 17.4. The van der Waals surface area contributed by atoms with Gasteiger partial charge in [-0.05, 0) is 38.9 Å². The van der Waals surface area contributed by atoms with E-state index in [1.54, 1.807) is 6.20 Å². The first-order valence-electron chi connectivity index (χ1n) is 9.20. The van der Waals surface area contributed by atoms with Crippen LogP contribution in [-0.2, 0) is 6.54 Å². The predicted octanol–water partition coefficient (Wildman–Crippen LogP) is 3.44. The Labute approximate surface area is 176 Å². The lowest BCUT2D eigenvalue weighted by atomic mass is 10.0. The summed E-state index contributed by atoms with van der Waals surface area (Å²) >= 11 is 0. The zero-order chi connectivity index (χ0) is 17.9. The second kappa shape index (κ2) is 9.87. The molecular formula is C20H25Cl2N5O. The fraction of sp³-hybridized carbons (Fsp3) is 0.350. The highest BCUT2D eigenvalue weighted by molar-refractivity contribution is 6.06. The lowest BCUT2D eigenvalue weighted by Gasteiger charge is -2.23. The van der Waals surface area contributed by atoms with Crippen LogP contribution < -0.4 is 10.6 Å². The lowest BCUT2D eigenvalue weighted by molar-refractivity contribution is 0.0931. The Balaban J connectivity index is 0.00000140. The molecule has 150 valence electrons. The zero-order valence-electron chi connectivity index (χ0n) is 15.7. The molecule has 1 amide bonds. The van der Waals surface area contributed by atoms with E-state index < -0.39 is 0 Å². The van der Waals surface area contributed by atoms with Crippen molar-refractivity contribution in [1.82, 2.24) is 25.4 Å². The Morgan fingerprint density at radius 1 is 1.21 bits per heavy atom. The minimum atomic E-state index is -0.0443. The summed E-state index contributed by atoms with van der Waals surface area (Å²) in [6.07, 6.45) is 3.66. The number of aromatic nitrogens is 3. The lowest BCUT2D eigenvalue weighted by Crippen LogP contribution is -2.42. The summed E-state index contributed by atoms with van der Waals surface area (Å²) in [6, 6.07) is 12.1. The van der Waals surface area contributed by atoms with Crippen LogP contribution >= 0.6 is 24.8 Å². The van der Waals surface area contributed by atoms with Gasteiger partial charge < -0.3 is 10.6 Å². The molecule has 1 saturated heterocycles. The number of rotatable bonds is 4. The third-order valence-corrected chi connectivity index (χ3v) is 4.90. The molecular weight excluding hydrogens is 397 g/mol. The van der Waals surface area contributed by atoms with Crippen molar-refractivity contribution in [2.75, 3.05) is 13.1 Å². The summed E-state index contributed by atoms with van der Waals surface area (Å²) in [5, 5.41) is 11.7. The van der Waals surface area contributed by atoms with Gasteiger partial charge >= 0.3 is 0 Å². The molecule has 8 heteroatoms. The summed E-state index contributed by atoms with van der Waals surface area (Å²) in [6.45, 7) is 4.63. The van der Waals surface area contributed by atoms with Crippen molar-refractivity contribution in [3.05, 3.63) is 48.2 Å². The summed E-state index contributed by atoms with van der Waals surface area (Å²) in [5.74, 6) is -0.0443. The fourth-order valence-corrected chi connectivity index (χ4v) is 3.45. The number of pyridine rings is 1. The van der Waals surface area contributed by atoms with Crippen molar-refractivity contribution in [3.63, 3.8) is 0 Å². The average Bonchev–Trinajstić information content (AvgIpc) is 3.11. The van der Waals surface area contributed by atoms with Gasteiger partial charge in [0, 0.05) is 18.2 Å². The molecule has 3 aromatic rings. The molecule has 0 aliphatic carbocycles. The van der Waals surface area contributed by atoms with Gasteiger partial charge in [-0.2, -0.15) is 5.10 Å². The first-order chi connectivity index (χ1) is 12.8. The van der Waals surface area contributed by atoms with Crippen LogP contribution in [0.1, 0.15) is 30.1 Å². The minimum absolute atomic E-state index is 0. The van der Waals surface area contributed by atoms with E-state index >= 15 is 0 Å². The molecule has 0 bridgehead atoms. The molecule has 2 aromatic heterocycles. The van der Waals surface area contributed by atoms with Crippen LogP contribution in [0.2, 0.25) is 0 Å². The maximum atomic E-state index is 13.0. The molecule has 6 nitrogen and oxygen atoms in total. The highest BCUT2D eigenvalue weighted by Gasteiger charge is 2.21. The molecule has 2 N–H and O–H groups in total. The standard InChI is InChI=1S/C20H23N5O.2ClH/c1-2-25-19-17(13-22-25)16(20(26)23-15-8-10-21-11-9-15)12-18(24-19)14-6-4-3-5-7-14;;/h3-7,12-13,15,21H,2,8-11H2,1H3,(H,23,26);2*1H. The number of piperidine rings is 1. The molecule has 0 atom stereocenters. The van der Waals surface area contributed by atoms with Crippen LogP contribution in [0.15, 0.2) is 42.6 Å². The highest BCUT2D eigenvalue weighted by Crippen LogP contribution is 2.25. The Morgan fingerprint density at radius 2 is 1.93 bits per heavy atom. The number of hydrogen-bond acceptors (Lipinski definition) is 4. The quantitative estimate of drug-likeness (QED) is 0.676. The van der Waals surface area contributed by atoms with E-state index in [0.29, 0.717) is 12.1 Å². The molecule has 0 radical (unpaired) electrons. The van der Waals surface area contributed by atoms with Crippen molar-refractivity contribution in [2.45, 2.75) is 32.4 Å². The van der Waals surface area contributed by atoms with Crippen molar-refractivity contribution in [2.24, 2.45) is 0 Å². The Morgan fingerprint density at radius 3 is 2.61 bits per heavy atom. The van der Waals surface area contributed by atoms with Crippen LogP contribution in [0.3, 0.4) is 0 Å².